The Labute approximate surface area is 171 Å². The summed E-state index contributed by atoms with van der Waals surface area (Å²) in [6.45, 7) is 0. The van der Waals surface area contributed by atoms with Gasteiger partial charge in [0.1, 0.15) is 11.5 Å². The van der Waals surface area contributed by atoms with E-state index in [9.17, 15) is 18.0 Å². The molecule has 3 aromatic carbocycles. The lowest BCUT2D eigenvalue weighted by Crippen LogP contribution is -2.40. The molecule has 7 heteroatoms. The van der Waals surface area contributed by atoms with E-state index in [0.717, 1.165) is 0 Å². The summed E-state index contributed by atoms with van der Waals surface area (Å²) < 4.78 is 55.3. The van der Waals surface area contributed by atoms with Crippen molar-refractivity contribution < 1.29 is 32.2 Å². The van der Waals surface area contributed by atoms with Crippen LogP contribution in [0.15, 0.2) is 78.9 Å². The molecule has 3 aromatic rings. The summed E-state index contributed by atoms with van der Waals surface area (Å²) in [6, 6.07) is 20.9. The maximum absolute atomic E-state index is 13.2. The molecule has 0 N–H and O–H groups in total. The second-order valence-corrected chi connectivity index (χ2v) is 6.39. The third-order valence-corrected chi connectivity index (χ3v) is 4.65. The molecular weight excluding hydrogens is 397 g/mol. The molecule has 4 nitrogen and oxygen atoms in total. The van der Waals surface area contributed by atoms with E-state index in [-0.39, 0.29) is 0 Å². The van der Waals surface area contributed by atoms with Gasteiger partial charge < -0.3 is 14.2 Å². The first-order valence-electron chi connectivity index (χ1n) is 8.96. The average Bonchev–Trinajstić information content (AvgIpc) is 2.77. The zero-order valence-corrected chi connectivity index (χ0v) is 16.3. The molecule has 0 unspecified atom stereocenters. The summed E-state index contributed by atoms with van der Waals surface area (Å²) in [5.74, 6) is -1.27. The molecule has 0 saturated heterocycles. The highest BCUT2D eigenvalue weighted by Gasteiger charge is 2.49. The van der Waals surface area contributed by atoms with Crippen molar-refractivity contribution in [3.63, 3.8) is 0 Å². The Hall–Kier alpha value is -3.48. The quantitative estimate of drug-likeness (QED) is 0.414. The smallest absolute Gasteiger partial charge is 0.490 e. The minimum atomic E-state index is -5.17. The number of benzene rings is 3. The number of halogens is 3. The lowest BCUT2D eigenvalue weighted by Gasteiger charge is -2.35. The van der Waals surface area contributed by atoms with E-state index in [1.54, 1.807) is 78.9 Å². The van der Waals surface area contributed by atoms with E-state index in [1.807, 2.05) is 0 Å². The van der Waals surface area contributed by atoms with Crippen molar-refractivity contribution in [1.82, 2.24) is 0 Å². The molecule has 0 bridgehead atoms. The van der Waals surface area contributed by atoms with E-state index in [2.05, 4.69) is 0 Å². The van der Waals surface area contributed by atoms with Gasteiger partial charge in [-0.05, 0) is 24.3 Å². The zero-order chi connectivity index (χ0) is 21.8. The number of hydrogen-bond donors (Lipinski definition) is 0. The number of esters is 1. The van der Waals surface area contributed by atoms with E-state index < -0.39 is 17.7 Å². The van der Waals surface area contributed by atoms with Gasteiger partial charge in [0.25, 0.3) is 0 Å². The van der Waals surface area contributed by atoms with Crippen LogP contribution in [-0.4, -0.2) is 26.4 Å². The van der Waals surface area contributed by atoms with Crippen LogP contribution in [0.4, 0.5) is 13.2 Å². The Morgan fingerprint density at radius 1 is 0.667 bits per heavy atom. The SMILES string of the molecule is COc1ccc(C(OC(=O)C(F)(F)F)(c2ccccc2)c2ccc(OC)cc2)cc1. The average molecular weight is 416 g/mol. The van der Waals surface area contributed by atoms with Crippen molar-refractivity contribution in [2.45, 2.75) is 11.8 Å². The van der Waals surface area contributed by atoms with Crippen LogP contribution in [0.2, 0.25) is 0 Å². The van der Waals surface area contributed by atoms with Crippen LogP contribution < -0.4 is 9.47 Å². The fourth-order valence-corrected chi connectivity index (χ4v) is 3.20. The van der Waals surface area contributed by atoms with Crippen molar-refractivity contribution in [3.05, 3.63) is 95.6 Å². The summed E-state index contributed by atoms with van der Waals surface area (Å²) >= 11 is 0. The van der Waals surface area contributed by atoms with Crippen molar-refractivity contribution in [3.8, 4) is 11.5 Å². The molecule has 0 heterocycles. The van der Waals surface area contributed by atoms with Crippen LogP contribution in [0.1, 0.15) is 16.7 Å². The van der Waals surface area contributed by atoms with Crippen LogP contribution in [0.3, 0.4) is 0 Å². The maximum atomic E-state index is 13.2. The number of methoxy groups -OCH3 is 2. The van der Waals surface area contributed by atoms with Crippen molar-refractivity contribution in [2.75, 3.05) is 14.2 Å². The van der Waals surface area contributed by atoms with Crippen LogP contribution in [0.5, 0.6) is 11.5 Å². The van der Waals surface area contributed by atoms with Gasteiger partial charge in [0.05, 0.1) is 14.2 Å². The van der Waals surface area contributed by atoms with Crippen LogP contribution >= 0.6 is 0 Å². The van der Waals surface area contributed by atoms with Gasteiger partial charge in [-0.2, -0.15) is 13.2 Å². The lowest BCUT2D eigenvalue weighted by atomic mass is 9.80. The largest absolute Gasteiger partial charge is 0.497 e. The predicted octanol–water partition coefficient (Wildman–Crippen LogP) is 5.10. The van der Waals surface area contributed by atoms with Gasteiger partial charge in [-0.1, -0.05) is 54.6 Å². The fraction of sp³-hybridized carbons (Fsp3) is 0.174. The number of rotatable bonds is 6. The fourth-order valence-electron chi connectivity index (χ4n) is 3.20. The molecule has 30 heavy (non-hydrogen) atoms. The molecule has 0 fully saturated rings. The second kappa shape index (κ2) is 8.49. The van der Waals surface area contributed by atoms with Gasteiger partial charge >= 0.3 is 12.1 Å². The first-order valence-corrected chi connectivity index (χ1v) is 8.96. The second-order valence-electron chi connectivity index (χ2n) is 6.39. The van der Waals surface area contributed by atoms with Crippen molar-refractivity contribution in [2.24, 2.45) is 0 Å². The van der Waals surface area contributed by atoms with Crippen LogP contribution in [0, 0.1) is 0 Å². The summed E-state index contributed by atoms with van der Waals surface area (Å²) in [5.41, 5.74) is -0.820. The zero-order valence-electron chi connectivity index (χ0n) is 16.3. The Bertz CT molecular complexity index is 934. The van der Waals surface area contributed by atoms with Crippen molar-refractivity contribution >= 4 is 5.97 Å². The molecule has 0 atom stereocenters. The molecule has 3 rings (SSSR count). The van der Waals surface area contributed by atoms with Crippen LogP contribution in [0.25, 0.3) is 0 Å². The Morgan fingerprint density at radius 3 is 1.43 bits per heavy atom. The van der Waals surface area contributed by atoms with Gasteiger partial charge in [0.15, 0.2) is 5.60 Å². The first-order chi connectivity index (χ1) is 14.3. The summed E-state index contributed by atoms with van der Waals surface area (Å²) in [5, 5.41) is 0. The first kappa shape index (κ1) is 21.2. The molecule has 0 aliphatic heterocycles. The van der Waals surface area contributed by atoms with E-state index in [4.69, 9.17) is 14.2 Å². The van der Waals surface area contributed by atoms with Gasteiger partial charge in [-0.15, -0.1) is 0 Å². The normalized spacial score (nSPS) is 11.6. The number of hydrogen-bond acceptors (Lipinski definition) is 4. The van der Waals surface area contributed by atoms with Crippen molar-refractivity contribution in [1.29, 1.82) is 0 Å². The monoisotopic (exact) mass is 416 g/mol. The highest BCUT2D eigenvalue weighted by atomic mass is 19.4. The highest BCUT2D eigenvalue weighted by Crippen LogP contribution is 2.43. The molecule has 0 spiro atoms. The Balaban J connectivity index is 2.30. The Morgan fingerprint density at radius 2 is 1.07 bits per heavy atom. The highest BCUT2D eigenvalue weighted by molar-refractivity contribution is 5.77. The summed E-state index contributed by atoms with van der Waals surface area (Å²) in [6.07, 6.45) is -5.17. The lowest BCUT2D eigenvalue weighted by molar-refractivity contribution is -0.209. The minimum Gasteiger partial charge on any atom is -0.497 e. The molecule has 0 aliphatic carbocycles. The van der Waals surface area contributed by atoms with E-state index >= 15 is 0 Å². The number of carbonyl (C=O) groups is 1. The third kappa shape index (κ3) is 4.10. The molecule has 0 aliphatic rings. The molecular formula is C23H19F3O4. The molecule has 156 valence electrons. The predicted molar refractivity (Wildman–Crippen MR) is 104 cm³/mol. The maximum Gasteiger partial charge on any atom is 0.490 e. The van der Waals surface area contributed by atoms with Crippen LogP contribution in [-0.2, 0) is 15.1 Å². The number of ether oxygens (including phenoxy) is 3. The van der Waals surface area contributed by atoms with Gasteiger partial charge in [0.2, 0.25) is 0 Å². The number of carbonyl (C=O) groups excluding carboxylic acids is 1. The van der Waals surface area contributed by atoms with Gasteiger partial charge in [-0.3, -0.25) is 0 Å². The number of alkyl halides is 3. The van der Waals surface area contributed by atoms with Gasteiger partial charge in [-0.25, -0.2) is 4.79 Å². The third-order valence-electron chi connectivity index (χ3n) is 4.65. The van der Waals surface area contributed by atoms with E-state index in [1.165, 1.54) is 14.2 Å². The topological polar surface area (TPSA) is 44.8 Å². The standard InChI is InChI=1S/C23H19F3O4/c1-28-19-12-8-17(9-13-19)22(16-6-4-3-5-7-16,30-21(27)23(24,25)26)18-10-14-20(29-2)15-11-18/h3-15H,1-2H3. The molecule has 0 amide bonds. The summed E-state index contributed by atoms with van der Waals surface area (Å²) in [7, 11) is 2.96. The minimum absolute atomic E-state index is 0.331. The molecule has 0 aromatic heterocycles. The van der Waals surface area contributed by atoms with E-state index in [0.29, 0.717) is 28.2 Å². The molecule has 0 radical (unpaired) electrons. The Kier molecular flexibility index (Phi) is 6.01. The van der Waals surface area contributed by atoms with Gasteiger partial charge in [0, 0.05) is 16.7 Å². The summed E-state index contributed by atoms with van der Waals surface area (Å²) in [4.78, 5) is 12.0. The molecule has 0 saturated carbocycles.